The Morgan fingerprint density at radius 1 is 1.44 bits per heavy atom. The lowest BCUT2D eigenvalue weighted by Gasteiger charge is -1.95. The third-order valence-corrected chi connectivity index (χ3v) is 4.62. The highest BCUT2D eigenvalue weighted by Crippen LogP contribution is 2.30. The molecule has 1 N–H and O–H groups in total. The molecule has 0 bridgehead atoms. The summed E-state index contributed by atoms with van der Waals surface area (Å²) in [5.41, 5.74) is 1.01. The third-order valence-electron chi connectivity index (χ3n) is 2.02. The van der Waals surface area contributed by atoms with E-state index in [0.717, 1.165) is 19.4 Å². The summed E-state index contributed by atoms with van der Waals surface area (Å²) in [4.78, 5) is 10.4. The Morgan fingerprint density at radius 2 is 2.28 bits per heavy atom. The van der Waals surface area contributed by atoms with Crippen molar-refractivity contribution in [3.05, 3.63) is 28.7 Å². The normalized spacial score (nSPS) is 10.5. The molecule has 18 heavy (non-hydrogen) atoms. The molecule has 1 aromatic heterocycles. The van der Waals surface area contributed by atoms with E-state index < -0.39 is 5.97 Å². The fraction of sp³-hybridized carbons (Fsp3) is 0.182. The summed E-state index contributed by atoms with van der Waals surface area (Å²) in [6.07, 6.45) is 0.135. The number of benzene rings is 1. The van der Waals surface area contributed by atoms with Crippen molar-refractivity contribution in [2.45, 2.75) is 10.8 Å². The van der Waals surface area contributed by atoms with E-state index in [1.165, 1.54) is 23.1 Å². The topological polar surface area (TPSA) is 63.1 Å². The highest BCUT2D eigenvalue weighted by molar-refractivity contribution is 9.10. The van der Waals surface area contributed by atoms with Gasteiger partial charge >= 0.3 is 5.97 Å². The lowest BCUT2D eigenvalue weighted by molar-refractivity contribution is -0.136. The monoisotopic (exact) mass is 344 g/mol. The van der Waals surface area contributed by atoms with Gasteiger partial charge in [-0.25, -0.2) is 0 Å². The maximum Gasteiger partial charge on any atom is 0.304 e. The van der Waals surface area contributed by atoms with Crippen LogP contribution in [0.3, 0.4) is 0 Å². The van der Waals surface area contributed by atoms with E-state index in [9.17, 15) is 4.79 Å². The molecule has 0 unspecified atom stereocenters. The van der Waals surface area contributed by atoms with Crippen LogP contribution < -0.4 is 0 Å². The van der Waals surface area contributed by atoms with E-state index in [1.807, 2.05) is 24.3 Å². The van der Waals surface area contributed by atoms with E-state index in [1.54, 1.807) is 0 Å². The van der Waals surface area contributed by atoms with Crippen LogP contribution in [-0.2, 0) is 4.79 Å². The number of nitrogens with zero attached hydrogens (tertiary/aromatic N) is 2. The number of aromatic nitrogens is 2. The van der Waals surface area contributed by atoms with Gasteiger partial charge in [-0.15, -0.1) is 10.2 Å². The van der Waals surface area contributed by atoms with Gasteiger partial charge in [-0.05, 0) is 12.1 Å². The summed E-state index contributed by atoms with van der Waals surface area (Å²) in [6, 6.07) is 7.84. The lowest BCUT2D eigenvalue weighted by atomic mass is 10.2. The second-order valence-electron chi connectivity index (χ2n) is 3.38. The number of aliphatic carboxylic acids is 1. The number of carboxylic acid groups (broad SMARTS) is 1. The maximum absolute atomic E-state index is 10.4. The molecule has 7 heteroatoms. The molecule has 0 aliphatic rings. The lowest BCUT2D eigenvalue weighted by Crippen LogP contribution is -1.95. The zero-order chi connectivity index (χ0) is 13.0. The molecule has 2 aromatic rings. The molecule has 0 fully saturated rings. The molecule has 0 spiro atoms. The van der Waals surface area contributed by atoms with E-state index in [4.69, 9.17) is 5.11 Å². The second kappa shape index (κ2) is 6.31. The fourth-order valence-electron chi connectivity index (χ4n) is 1.23. The van der Waals surface area contributed by atoms with E-state index in [2.05, 4.69) is 26.1 Å². The molecule has 94 valence electrons. The Hall–Kier alpha value is -0.920. The van der Waals surface area contributed by atoms with Crippen molar-refractivity contribution < 1.29 is 9.90 Å². The number of hydrogen-bond donors (Lipinski definition) is 1. The van der Waals surface area contributed by atoms with Gasteiger partial charge < -0.3 is 5.11 Å². The van der Waals surface area contributed by atoms with Crippen molar-refractivity contribution in [3.63, 3.8) is 0 Å². The van der Waals surface area contributed by atoms with Gasteiger partial charge in [-0.3, -0.25) is 4.79 Å². The number of thioether (sulfide) groups is 1. The maximum atomic E-state index is 10.4. The van der Waals surface area contributed by atoms with Gasteiger partial charge in [-0.1, -0.05) is 51.2 Å². The molecule has 0 aliphatic heterocycles. The Balaban J connectivity index is 2.04. The SMILES string of the molecule is O=C(O)CCSc1nnc(-c2cccc(Br)c2)s1. The van der Waals surface area contributed by atoms with Gasteiger partial charge in [0, 0.05) is 15.8 Å². The molecule has 1 heterocycles. The van der Waals surface area contributed by atoms with Crippen LogP contribution in [0.2, 0.25) is 0 Å². The first kappa shape index (κ1) is 13.5. The van der Waals surface area contributed by atoms with Gasteiger partial charge in [-0.2, -0.15) is 0 Å². The molecule has 0 atom stereocenters. The Labute approximate surface area is 121 Å². The van der Waals surface area contributed by atoms with Crippen molar-refractivity contribution in [3.8, 4) is 10.6 Å². The number of halogens is 1. The Bertz CT molecular complexity index is 559. The number of carboxylic acids is 1. The van der Waals surface area contributed by atoms with Crippen LogP contribution in [0.4, 0.5) is 0 Å². The predicted molar refractivity (Wildman–Crippen MR) is 76.0 cm³/mol. The van der Waals surface area contributed by atoms with E-state index in [-0.39, 0.29) is 6.42 Å². The van der Waals surface area contributed by atoms with Gasteiger partial charge in [0.15, 0.2) is 4.34 Å². The minimum atomic E-state index is -0.792. The highest BCUT2D eigenvalue weighted by atomic mass is 79.9. The number of hydrogen-bond acceptors (Lipinski definition) is 5. The van der Waals surface area contributed by atoms with Crippen molar-refractivity contribution in [2.24, 2.45) is 0 Å². The first-order valence-electron chi connectivity index (χ1n) is 5.09. The van der Waals surface area contributed by atoms with Gasteiger partial charge in [0.2, 0.25) is 0 Å². The third kappa shape index (κ3) is 3.79. The number of rotatable bonds is 5. The molecule has 1 aromatic carbocycles. The quantitative estimate of drug-likeness (QED) is 0.840. The summed E-state index contributed by atoms with van der Waals surface area (Å²) in [5.74, 6) is -0.276. The minimum Gasteiger partial charge on any atom is -0.481 e. The molecule has 0 aliphatic carbocycles. The summed E-state index contributed by atoms with van der Waals surface area (Å²) in [5, 5.41) is 17.5. The van der Waals surface area contributed by atoms with Crippen LogP contribution in [0.15, 0.2) is 33.1 Å². The van der Waals surface area contributed by atoms with Gasteiger partial charge in [0.25, 0.3) is 0 Å². The molecule has 0 saturated carbocycles. The predicted octanol–water partition coefficient (Wildman–Crippen LogP) is 3.53. The van der Waals surface area contributed by atoms with Crippen LogP contribution in [0.25, 0.3) is 10.6 Å². The molecular formula is C11H9BrN2O2S2. The second-order valence-corrected chi connectivity index (χ2v) is 6.61. The summed E-state index contributed by atoms with van der Waals surface area (Å²) < 4.78 is 1.79. The van der Waals surface area contributed by atoms with Crippen molar-refractivity contribution in [2.75, 3.05) is 5.75 Å². The summed E-state index contributed by atoms with van der Waals surface area (Å²) >= 11 is 6.30. The molecule has 0 saturated heterocycles. The molecule has 0 radical (unpaired) electrons. The fourth-order valence-corrected chi connectivity index (χ4v) is 3.48. The zero-order valence-corrected chi connectivity index (χ0v) is 12.4. The molecular weight excluding hydrogens is 336 g/mol. The summed E-state index contributed by atoms with van der Waals surface area (Å²) in [6.45, 7) is 0. The number of carbonyl (C=O) groups is 1. The van der Waals surface area contributed by atoms with Crippen molar-refractivity contribution >= 4 is 45.0 Å². The van der Waals surface area contributed by atoms with E-state index in [0.29, 0.717) is 5.75 Å². The molecule has 4 nitrogen and oxygen atoms in total. The Morgan fingerprint density at radius 3 is 3.00 bits per heavy atom. The van der Waals surface area contributed by atoms with Crippen LogP contribution in [-0.4, -0.2) is 27.0 Å². The van der Waals surface area contributed by atoms with Crippen LogP contribution in [0.5, 0.6) is 0 Å². The van der Waals surface area contributed by atoms with E-state index >= 15 is 0 Å². The largest absolute Gasteiger partial charge is 0.481 e. The average molecular weight is 345 g/mol. The standard InChI is InChI=1S/C11H9BrN2O2S2/c12-8-3-1-2-7(6-8)10-13-14-11(18-10)17-5-4-9(15)16/h1-3,6H,4-5H2,(H,15,16). The van der Waals surface area contributed by atoms with Crippen molar-refractivity contribution in [1.82, 2.24) is 10.2 Å². The smallest absolute Gasteiger partial charge is 0.304 e. The summed E-state index contributed by atoms with van der Waals surface area (Å²) in [7, 11) is 0. The van der Waals surface area contributed by atoms with Gasteiger partial charge in [0.05, 0.1) is 6.42 Å². The van der Waals surface area contributed by atoms with Gasteiger partial charge in [0.1, 0.15) is 5.01 Å². The first-order valence-corrected chi connectivity index (χ1v) is 7.68. The Kier molecular flexibility index (Phi) is 4.73. The van der Waals surface area contributed by atoms with Crippen molar-refractivity contribution in [1.29, 1.82) is 0 Å². The highest BCUT2D eigenvalue weighted by Gasteiger charge is 2.08. The first-order chi connectivity index (χ1) is 8.65. The minimum absolute atomic E-state index is 0.135. The molecule has 2 rings (SSSR count). The van der Waals surface area contributed by atoms with Crippen LogP contribution in [0, 0.1) is 0 Å². The zero-order valence-electron chi connectivity index (χ0n) is 9.17. The average Bonchev–Trinajstić information content (AvgIpc) is 2.77. The molecule has 0 amide bonds. The van der Waals surface area contributed by atoms with Crippen LogP contribution >= 0.6 is 39.0 Å². The van der Waals surface area contributed by atoms with Crippen LogP contribution in [0.1, 0.15) is 6.42 Å².